The van der Waals surface area contributed by atoms with Crippen molar-refractivity contribution in [2.24, 2.45) is 0 Å². The van der Waals surface area contributed by atoms with Gasteiger partial charge in [0.1, 0.15) is 5.82 Å². The molecule has 10 heteroatoms. The summed E-state index contributed by atoms with van der Waals surface area (Å²) in [4.78, 5) is 13.8. The molecule has 1 aliphatic heterocycles. The van der Waals surface area contributed by atoms with Gasteiger partial charge in [-0.05, 0) is 54.7 Å². The largest absolute Gasteiger partial charge is 0.341 e. The van der Waals surface area contributed by atoms with Crippen molar-refractivity contribution < 1.29 is 13.2 Å². The predicted molar refractivity (Wildman–Crippen MR) is 137 cm³/mol. The van der Waals surface area contributed by atoms with Crippen LogP contribution in [0.3, 0.4) is 0 Å². The first-order valence-corrected chi connectivity index (χ1v) is 13.3. The second-order valence-electron chi connectivity index (χ2n) is 9.92. The van der Waals surface area contributed by atoms with Crippen LogP contribution in [-0.2, 0) is 20.2 Å². The van der Waals surface area contributed by atoms with E-state index in [4.69, 9.17) is 11.6 Å². The number of hydrogen-bond donors (Lipinski definition) is 1. The fourth-order valence-electron chi connectivity index (χ4n) is 4.36. The van der Waals surface area contributed by atoms with Gasteiger partial charge in [0.15, 0.2) is 5.82 Å². The van der Waals surface area contributed by atoms with Crippen molar-refractivity contribution in [1.82, 2.24) is 19.7 Å². The van der Waals surface area contributed by atoms with E-state index in [1.165, 1.54) is 0 Å². The van der Waals surface area contributed by atoms with Crippen molar-refractivity contribution in [2.45, 2.75) is 57.4 Å². The van der Waals surface area contributed by atoms with Crippen molar-refractivity contribution in [3.8, 4) is 11.4 Å². The van der Waals surface area contributed by atoms with Crippen LogP contribution in [0.1, 0.15) is 51.5 Å². The third kappa shape index (κ3) is 5.21. The van der Waals surface area contributed by atoms with Crippen molar-refractivity contribution in [3.05, 3.63) is 58.9 Å². The maximum atomic E-state index is 13.3. The van der Waals surface area contributed by atoms with E-state index < -0.39 is 10.0 Å². The number of rotatable bonds is 5. The maximum absolute atomic E-state index is 13.3. The average molecular weight is 516 g/mol. The van der Waals surface area contributed by atoms with Gasteiger partial charge in [-0.15, -0.1) is 10.2 Å². The Labute approximate surface area is 211 Å². The minimum atomic E-state index is -3.87. The summed E-state index contributed by atoms with van der Waals surface area (Å²) in [5, 5.41) is 9.06. The number of aryl methyl sites for hydroxylation is 1. The summed E-state index contributed by atoms with van der Waals surface area (Å²) in [5.74, 6) is 1.21. The minimum absolute atomic E-state index is 0.0164. The van der Waals surface area contributed by atoms with Crippen molar-refractivity contribution in [3.63, 3.8) is 0 Å². The summed E-state index contributed by atoms with van der Waals surface area (Å²) in [6, 6.07) is 11.8. The van der Waals surface area contributed by atoms with Gasteiger partial charge in [-0.3, -0.25) is 9.52 Å². The highest BCUT2D eigenvalue weighted by atomic mass is 35.5. The first kappa shape index (κ1) is 25.2. The first-order valence-electron chi connectivity index (χ1n) is 11.5. The van der Waals surface area contributed by atoms with Crippen LogP contribution in [-0.4, -0.2) is 47.1 Å². The maximum Gasteiger partial charge on any atom is 0.261 e. The Morgan fingerprint density at radius 2 is 1.80 bits per heavy atom. The smallest absolute Gasteiger partial charge is 0.261 e. The lowest BCUT2D eigenvalue weighted by atomic mass is 9.87. The van der Waals surface area contributed by atoms with Crippen LogP contribution in [0.15, 0.2) is 47.4 Å². The summed E-state index contributed by atoms with van der Waals surface area (Å²) >= 11 is 6.31. The number of carbonyl (C=O) groups is 1. The molecule has 1 N–H and O–H groups in total. The van der Waals surface area contributed by atoms with Crippen LogP contribution in [0.4, 0.5) is 5.69 Å². The number of likely N-dealkylation sites (tertiary alicyclic amines) is 1. The van der Waals surface area contributed by atoms with Crippen LogP contribution in [0.2, 0.25) is 5.02 Å². The lowest BCUT2D eigenvalue weighted by Gasteiger charge is -2.20. The summed E-state index contributed by atoms with van der Waals surface area (Å²) in [7, 11) is -3.87. The van der Waals surface area contributed by atoms with Gasteiger partial charge in [0.25, 0.3) is 10.0 Å². The number of sulfonamides is 1. The second-order valence-corrected chi connectivity index (χ2v) is 12.0. The predicted octanol–water partition coefficient (Wildman–Crippen LogP) is 4.80. The molecule has 0 aliphatic carbocycles. The third-order valence-corrected chi connectivity index (χ3v) is 7.95. The Morgan fingerprint density at radius 1 is 1.11 bits per heavy atom. The Hall–Kier alpha value is -2.91. The van der Waals surface area contributed by atoms with E-state index in [9.17, 15) is 13.2 Å². The molecule has 1 saturated heterocycles. The molecule has 1 aliphatic rings. The van der Waals surface area contributed by atoms with Gasteiger partial charge >= 0.3 is 0 Å². The molecule has 0 radical (unpaired) electrons. The summed E-state index contributed by atoms with van der Waals surface area (Å²) < 4.78 is 31.2. The molecule has 4 rings (SSSR count). The number of amides is 1. The van der Waals surface area contributed by atoms with Crippen LogP contribution < -0.4 is 4.72 Å². The van der Waals surface area contributed by atoms with Crippen LogP contribution in [0.5, 0.6) is 0 Å². The van der Waals surface area contributed by atoms with E-state index >= 15 is 0 Å². The van der Waals surface area contributed by atoms with Crippen molar-refractivity contribution >= 4 is 33.2 Å². The third-order valence-electron chi connectivity index (χ3n) is 6.34. The SMILES string of the molecule is CC(=O)N1CCC(n2c(C)nnc2-c2cc(Cl)ccc2NS(=O)(=O)c2ccc(C(C)(C)C)cc2)C1. The van der Waals surface area contributed by atoms with E-state index in [-0.39, 0.29) is 22.3 Å². The average Bonchev–Trinajstić information content (AvgIpc) is 3.41. The Bertz CT molecular complexity index is 1360. The van der Waals surface area contributed by atoms with Crippen molar-refractivity contribution in [2.75, 3.05) is 17.8 Å². The van der Waals surface area contributed by atoms with E-state index in [1.54, 1.807) is 42.2 Å². The summed E-state index contributed by atoms with van der Waals surface area (Å²) in [6.07, 6.45) is 0.757. The topological polar surface area (TPSA) is 97.2 Å². The zero-order chi connectivity index (χ0) is 25.5. The number of aromatic nitrogens is 3. The molecule has 1 unspecified atom stereocenters. The molecule has 2 aromatic carbocycles. The highest BCUT2D eigenvalue weighted by Gasteiger charge is 2.30. The van der Waals surface area contributed by atoms with Gasteiger partial charge in [-0.25, -0.2) is 8.42 Å². The standard InChI is InChI=1S/C25H30ClN5O3S/c1-16-27-28-24(31(16)20-12-13-30(15-20)17(2)32)22-14-19(26)8-11-23(22)29-35(33,34)21-9-6-18(7-10-21)25(3,4)5/h6-11,14,20,29H,12-13,15H2,1-5H3. The van der Waals surface area contributed by atoms with Gasteiger partial charge in [-0.2, -0.15) is 0 Å². The van der Waals surface area contributed by atoms with Crippen LogP contribution in [0, 0.1) is 6.92 Å². The van der Waals surface area contributed by atoms with E-state index in [0.717, 1.165) is 12.0 Å². The van der Waals surface area contributed by atoms with E-state index in [0.29, 0.717) is 41.0 Å². The molecule has 1 aromatic heterocycles. The number of halogens is 1. The Balaban J connectivity index is 1.71. The number of carbonyl (C=O) groups excluding carboxylic acids is 1. The molecule has 0 saturated carbocycles. The summed E-state index contributed by atoms with van der Waals surface area (Å²) in [5.41, 5.74) is 1.83. The van der Waals surface area contributed by atoms with Crippen LogP contribution >= 0.6 is 11.6 Å². The zero-order valence-corrected chi connectivity index (χ0v) is 22.1. The fraction of sp³-hybridized carbons (Fsp3) is 0.400. The number of nitrogens with zero attached hydrogens (tertiary/aromatic N) is 4. The highest BCUT2D eigenvalue weighted by Crippen LogP contribution is 2.35. The monoisotopic (exact) mass is 515 g/mol. The minimum Gasteiger partial charge on any atom is -0.341 e. The number of anilines is 1. The molecule has 1 fully saturated rings. The normalized spacial score (nSPS) is 16.5. The number of nitrogens with one attached hydrogen (secondary N) is 1. The van der Waals surface area contributed by atoms with Gasteiger partial charge in [-0.1, -0.05) is 44.5 Å². The van der Waals surface area contributed by atoms with E-state index in [2.05, 4.69) is 35.7 Å². The Morgan fingerprint density at radius 3 is 2.40 bits per heavy atom. The number of benzene rings is 2. The lowest BCUT2D eigenvalue weighted by molar-refractivity contribution is -0.127. The quantitative estimate of drug-likeness (QED) is 0.526. The van der Waals surface area contributed by atoms with Crippen molar-refractivity contribution in [1.29, 1.82) is 0 Å². The molecule has 1 amide bonds. The van der Waals surface area contributed by atoms with Gasteiger partial charge in [0.05, 0.1) is 16.6 Å². The molecule has 2 heterocycles. The molecule has 1 atom stereocenters. The fourth-order valence-corrected chi connectivity index (χ4v) is 5.61. The lowest BCUT2D eigenvalue weighted by Crippen LogP contribution is -2.26. The second kappa shape index (κ2) is 9.28. The molecule has 35 heavy (non-hydrogen) atoms. The van der Waals surface area contributed by atoms with E-state index in [1.807, 2.05) is 23.6 Å². The molecular formula is C25H30ClN5O3S. The highest BCUT2D eigenvalue weighted by molar-refractivity contribution is 7.92. The molecule has 0 bridgehead atoms. The molecule has 3 aromatic rings. The zero-order valence-electron chi connectivity index (χ0n) is 20.5. The molecular weight excluding hydrogens is 486 g/mol. The number of hydrogen-bond acceptors (Lipinski definition) is 5. The summed E-state index contributed by atoms with van der Waals surface area (Å²) in [6.45, 7) is 10.8. The first-order chi connectivity index (χ1) is 16.4. The van der Waals surface area contributed by atoms with Gasteiger partial charge < -0.3 is 9.47 Å². The molecule has 0 spiro atoms. The van der Waals surface area contributed by atoms with Gasteiger partial charge in [0.2, 0.25) is 5.91 Å². The van der Waals surface area contributed by atoms with Gasteiger partial charge in [0, 0.05) is 30.6 Å². The molecule has 186 valence electrons. The molecule has 8 nitrogen and oxygen atoms in total. The van der Waals surface area contributed by atoms with Crippen LogP contribution in [0.25, 0.3) is 11.4 Å². The Kier molecular flexibility index (Phi) is 6.68.